The Morgan fingerprint density at radius 3 is 2.68 bits per heavy atom. The molecular formula is C17H23N5O4S2. The van der Waals surface area contributed by atoms with Gasteiger partial charge in [0.2, 0.25) is 16.9 Å². The molecule has 3 heterocycles. The van der Waals surface area contributed by atoms with Crippen LogP contribution in [0.1, 0.15) is 40.4 Å². The number of rotatable bonds is 6. The van der Waals surface area contributed by atoms with Gasteiger partial charge in [0.15, 0.2) is 0 Å². The monoisotopic (exact) mass is 425 g/mol. The predicted octanol–water partition coefficient (Wildman–Crippen LogP) is 1.93. The maximum atomic E-state index is 12.4. The fraction of sp³-hybridized carbons (Fsp3) is 0.529. The first-order chi connectivity index (χ1) is 13.4. The van der Waals surface area contributed by atoms with E-state index in [1.165, 1.54) is 11.3 Å². The topological polar surface area (TPSA) is 125 Å². The number of hydrogen-bond acceptors (Lipinski definition) is 8. The van der Waals surface area contributed by atoms with Crippen LogP contribution in [-0.4, -0.2) is 45.1 Å². The van der Waals surface area contributed by atoms with E-state index in [1.807, 2.05) is 13.8 Å². The van der Waals surface area contributed by atoms with E-state index < -0.39 is 0 Å². The third-order valence-electron chi connectivity index (χ3n) is 4.07. The molecule has 0 spiro atoms. The normalized spacial score (nSPS) is 15.9. The van der Waals surface area contributed by atoms with Crippen molar-refractivity contribution in [1.82, 2.24) is 20.5 Å². The minimum atomic E-state index is -0.347. The van der Waals surface area contributed by atoms with E-state index >= 15 is 0 Å². The number of hydrogen-bond donors (Lipinski definition) is 2. The van der Waals surface area contributed by atoms with Crippen LogP contribution < -0.4 is 10.2 Å². The zero-order valence-electron chi connectivity index (χ0n) is 16.0. The molecule has 0 aromatic carbocycles. The minimum Gasteiger partial charge on any atom is -0.483 e. The molecule has 1 aliphatic heterocycles. The van der Waals surface area contributed by atoms with Gasteiger partial charge in [-0.15, -0.1) is 21.5 Å². The highest BCUT2D eigenvalue weighted by Crippen LogP contribution is 2.28. The molecule has 1 aliphatic rings. The van der Waals surface area contributed by atoms with Crippen LogP contribution in [0.15, 0.2) is 0 Å². The molecule has 2 aromatic heterocycles. The van der Waals surface area contributed by atoms with Gasteiger partial charge in [-0.3, -0.25) is 19.3 Å². The number of carbonyl (C=O) groups is 3. The average Bonchev–Trinajstić information content (AvgIpc) is 3.33. The van der Waals surface area contributed by atoms with Crippen LogP contribution in [0.3, 0.4) is 0 Å². The second kappa shape index (κ2) is 10.2. The lowest BCUT2D eigenvalue weighted by molar-refractivity contribution is -0.126. The van der Waals surface area contributed by atoms with Crippen molar-refractivity contribution in [3.8, 4) is 0 Å². The van der Waals surface area contributed by atoms with Crippen molar-refractivity contribution in [3.05, 3.63) is 20.6 Å². The standard InChI is InChI=1S/C16H21N5O2S2.CH2O2/c1-4-5-13-19-20-16(25-13)21-8-11(6-14(21)22)15(23)17-7-12-9(2)18-10(3)24-12;2-1-3/h11H,4-8H2,1-3H3,(H,17,23);1H,(H,2,3). The Balaban J connectivity index is 0.000000878. The summed E-state index contributed by atoms with van der Waals surface area (Å²) < 4.78 is 0. The van der Waals surface area contributed by atoms with Gasteiger partial charge in [-0.05, 0) is 20.3 Å². The van der Waals surface area contributed by atoms with Crippen molar-refractivity contribution < 1.29 is 19.5 Å². The van der Waals surface area contributed by atoms with Gasteiger partial charge in [0.25, 0.3) is 6.47 Å². The SMILES string of the molecule is CCCc1nnc(N2CC(C(=O)NCc3sc(C)nc3C)CC2=O)s1.O=CO. The Morgan fingerprint density at radius 2 is 2.07 bits per heavy atom. The fourth-order valence-corrected chi connectivity index (χ4v) is 4.63. The van der Waals surface area contributed by atoms with E-state index in [-0.39, 0.29) is 30.6 Å². The van der Waals surface area contributed by atoms with Crippen molar-refractivity contribution >= 4 is 46.1 Å². The summed E-state index contributed by atoms with van der Waals surface area (Å²) >= 11 is 3.02. The maximum Gasteiger partial charge on any atom is 0.290 e. The van der Waals surface area contributed by atoms with Crippen molar-refractivity contribution in [2.45, 2.75) is 46.6 Å². The zero-order valence-corrected chi connectivity index (χ0v) is 17.6. The molecule has 0 bridgehead atoms. The summed E-state index contributed by atoms with van der Waals surface area (Å²) in [7, 11) is 0. The Morgan fingerprint density at radius 1 is 1.36 bits per heavy atom. The molecule has 1 saturated heterocycles. The third-order valence-corrected chi connectivity index (χ3v) is 6.15. The number of thiazole rings is 1. The van der Waals surface area contributed by atoms with Gasteiger partial charge in [-0.2, -0.15) is 0 Å². The molecule has 2 amide bonds. The third kappa shape index (κ3) is 5.55. The first kappa shape index (κ1) is 21.9. The number of aryl methyl sites for hydroxylation is 3. The molecular weight excluding hydrogens is 402 g/mol. The van der Waals surface area contributed by atoms with Crippen LogP contribution in [0.4, 0.5) is 5.13 Å². The molecule has 1 atom stereocenters. The summed E-state index contributed by atoms with van der Waals surface area (Å²) in [6.45, 7) is 6.54. The van der Waals surface area contributed by atoms with Crippen LogP contribution in [0, 0.1) is 19.8 Å². The molecule has 0 aliphatic carbocycles. The summed E-state index contributed by atoms with van der Waals surface area (Å²) in [4.78, 5) is 40.1. The van der Waals surface area contributed by atoms with Gasteiger partial charge in [0.1, 0.15) is 5.01 Å². The highest BCUT2D eigenvalue weighted by molar-refractivity contribution is 7.15. The molecule has 3 rings (SSSR count). The molecule has 0 radical (unpaired) electrons. The van der Waals surface area contributed by atoms with Crippen LogP contribution in [0.25, 0.3) is 0 Å². The van der Waals surface area contributed by atoms with Gasteiger partial charge in [0.05, 0.1) is 23.2 Å². The van der Waals surface area contributed by atoms with Gasteiger partial charge < -0.3 is 10.4 Å². The van der Waals surface area contributed by atoms with E-state index in [0.29, 0.717) is 18.2 Å². The molecule has 0 saturated carbocycles. The summed E-state index contributed by atoms with van der Waals surface area (Å²) in [6, 6.07) is 0. The van der Waals surface area contributed by atoms with E-state index in [9.17, 15) is 9.59 Å². The maximum absolute atomic E-state index is 12.4. The minimum absolute atomic E-state index is 0.0656. The van der Waals surface area contributed by atoms with Gasteiger partial charge in [-0.1, -0.05) is 18.3 Å². The molecule has 28 heavy (non-hydrogen) atoms. The van der Waals surface area contributed by atoms with Crippen LogP contribution in [0.5, 0.6) is 0 Å². The second-order valence-corrected chi connectivity index (χ2v) is 8.53. The largest absolute Gasteiger partial charge is 0.483 e. The molecule has 11 heteroatoms. The van der Waals surface area contributed by atoms with Crippen LogP contribution >= 0.6 is 22.7 Å². The van der Waals surface area contributed by atoms with Crippen molar-refractivity contribution in [2.75, 3.05) is 11.4 Å². The molecule has 2 N–H and O–H groups in total. The number of amides is 2. The zero-order chi connectivity index (χ0) is 20.7. The quantitative estimate of drug-likeness (QED) is 0.677. The highest BCUT2D eigenvalue weighted by atomic mass is 32.1. The number of carboxylic acid groups (broad SMARTS) is 1. The predicted molar refractivity (Wildman–Crippen MR) is 106 cm³/mol. The van der Waals surface area contributed by atoms with Crippen LogP contribution in [0.2, 0.25) is 0 Å². The lowest BCUT2D eigenvalue weighted by Gasteiger charge is -2.12. The van der Waals surface area contributed by atoms with E-state index in [2.05, 4.69) is 27.4 Å². The lowest BCUT2D eigenvalue weighted by Crippen LogP contribution is -2.32. The Labute approximate surface area is 170 Å². The smallest absolute Gasteiger partial charge is 0.290 e. The van der Waals surface area contributed by atoms with Crippen molar-refractivity contribution in [2.24, 2.45) is 5.92 Å². The lowest BCUT2D eigenvalue weighted by atomic mass is 10.1. The van der Waals surface area contributed by atoms with Crippen molar-refractivity contribution in [1.29, 1.82) is 0 Å². The van der Waals surface area contributed by atoms with E-state index in [0.717, 1.165) is 33.4 Å². The summed E-state index contributed by atoms with van der Waals surface area (Å²) in [5.41, 5.74) is 0.948. The van der Waals surface area contributed by atoms with Gasteiger partial charge in [0, 0.05) is 24.3 Å². The van der Waals surface area contributed by atoms with Crippen LogP contribution in [-0.2, 0) is 27.3 Å². The Hall–Kier alpha value is -2.40. The average molecular weight is 426 g/mol. The number of carbonyl (C=O) groups excluding carboxylic acids is 2. The molecule has 1 fully saturated rings. The second-order valence-electron chi connectivity index (χ2n) is 6.20. The van der Waals surface area contributed by atoms with Crippen molar-refractivity contribution in [3.63, 3.8) is 0 Å². The number of anilines is 1. The Bertz CT molecular complexity index is 835. The number of nitrogens with one attached hydrogen (secondary N) is 1. The summed E-state index contributed by atoms with van der Waals surface area (Å²) in [5.74, 6) is -0.510. The molecule has 152 valence electrons. The number of aromatic nitrogens is 3. The molecule has 2 aromatic rings. The van der Waals surface area contributed by atoms with E-state index in [1.54, 1.807) is 16.2 Å². The summed E-state index contributed by atoms with van der Waals surface area (Å²) in [6.07, 6.45) is 2.07. The highest BCUT2D eigenvalue weighted by Gasteiger charge is 2.36. The summed E-state index contributed by atoms with van der Waals surface area (Å²) in [5, 5.41) is 20.5. The molecule has 1 unspecified atom stereocenters. The van der Waals surface area contributed by atoms with E-state index in [4.69, 9.17) is 9.90 Å². The number of nitrogens with zero attached hydrogens (tertiary/aromatic N) is 4. The van der Waals surface area contributed by atoms with Gasteiger partial charge in [-0.25, -0.2) is 4.98 Å². The first-order valence-corrected chi connectivity index (χ1v) is 10.4. The first-order valence-electron chi connectivity index (χ1n) is 8.80. The Kier molecular flexibility index (Phi) is 8.00. The fourth-order valence-electron chi connectivity index (χ4n) is 2.79. The van der Waals surface area contributed by atoms with Gasteiger partial charge >= 0.3 is 0 Å². The molecule has 9 nitrogen and oxygen atoms in total.